The third-order valence-electron chi connectivity index (χ3n) is 3.43. The van der Waals surface area contributed by atoms with Crippen LogP contribution in [0.15, 0.2) is 55.1 Å². The Balaban J connectivity index is 1.69. The van der Waals surface area contributed by atoms with Crippen LogP contribution in [-0.4, -0.2) is 15.5 Å². The molecule has 0 aliphatic carbocycles. The molecule has 0 aliphatic heterocycles. The zero-order valence-corrected chi connectivity index (χ0v) is 13.9. The van der Waals surface area contributed by atoms with Gasteiger partial charge in [-0.25, -0.2) is 9.37 Å². The van der Waals surface area contributed by atoms with E-state index in [0.717, 1.165) is 0 Å². The predicted octanol–water partition coefficient (Wildman–Crippen LogP) is 4.25. The summed E-state index contributed by atoms with van der Waals surface area (Å²) in [4.78, 5) is 16.0. The molecule has 1 amide bonds. The van der Waals surface area contributed by atoms with Crippen molar-refractivity contribution in [2.75, 3.05) is 0 Å². The van der Waals surface area contributed by atoms with Gasteiger partial charge in [0.1, 0.15) is 5.82 Å². The number of hydrogen-bond acceptors (Lipinski definition) is 2. The number of carbonyl (C=O) groups is 1. The molecule has 1 aromatic heterocycles. The summed E-state index contributed by atoms with van der Waals surface area (Å²) in [6, 6.07) is 9.38. The van der Waals surface area contributed by atoms with E-state index >= 15 is 0 Å². The van der Waals surface area contributed by atoms with Crippen LogP contribution in [0.4, 0.5) is 4.39 Å². The van der Waals surface area contributed by atoms with Gasteiger partial charge in [-0.1, -0.05) is 29.3 Å². The van der Waals surface area contributed by atoms with E-state index in [1.807, 2.05) is 0 Å². The van der Waals surface area contributed by atoms with Crippen LogP contribution in [0.25, 0.3) is 5.69 Å². The molecular weight excluding hydrogens is 352 g/mol. The third kappa shape index (κ3) is 3.58. The van der Waals surface area contributed by atoms with Crippen LogP contribution in [-0.2, 0) is 6.54 Å². The number of carbonyl (C=O) groups excluding carboxylic acids is 1. The molecule has 0 saturated carbocycles. The lowest BCUT2D eigenvalue weighted by Gasteiger charge is -2.09. The highest BCUT2D eigenvalue weighted by atomic mass is 35.5. The summed E-state index contributed by atoms with van der Waals surface area (Å²) >= 11 is 11.7. The van der Waals surface area contributed by atoms with Crippen molar-refractivity contribution in [1.82, 2.24) is 14.9 Å². The van der Waals surface area contributed by atoms with Crippen LogP contribution < -0.4 is 5.32 Å². The minimum Gasteiger partial charge on any atom is -0.348 e. The maximum absolute atomic E-state index is 14.2. The maximum atomic E-state index is 14.2. The van der Waals surface area contributed by atoms with Crippen molar-refractivity contribution in [3.63, 3.8) is 0 Å². The molecule has 1 heterocycles. The van der Waals surface area contributed by atoms with E-state index in [9.17, 15) is 9.18 Å². The van der Waals surface area contributed by atoms with E-state index in [2.05, 4.69) is 10.3 Å². The Morgan fingerprint density at radius 1 is 1.17 bits per heavy atom. The molecule has 0 saturated heterocycles. The van der Waals surface area contributed by atoms with E-state index in [0.29, 0.717) is 26.9 Å². The van der Waals surface area contributed by atoms with E-state index in [-0.39, 0.29) is 12.5 Å². The van der Waals surface area contributed by atoms with Crippen LogP contribution in [0.5, 0.6) is 0 Å². The molecule has 0 radical (unpaired) electrons. The van der Waals surface area contributed by atoms with Crippen LogP contribution in [0.2, 0.25) is 10.0 Å². The zero-order chi connectivity index (χ0) is 17.1. The van der Waals surface area contributed by atoms with Gasteiger partial charge in [-0.2, -0.15) is 0 Å². The molecule has 3 aromatic rings. The van der Waals surface area contributed by atoms with Crippen molar-refractivity contribution in [2.45, 2.75) is 6.54 Å². The van der Waals surface area contributed by atoms with Crippen molar-refractivity contribution >= 4 is 29.1 Å². The Morgan fingerprint density at radius 2 is 2.00 bits per heavy atom. The summed E-state index contributed by atoms with van der Waals surface area (Å²) in [5, 5.41) is 3.40. The van der Waals surface area contributed by atoms with Gasteiger partial charge in [-0.3, -0.25) is 4.79 Å². The first-order valence-corrected chi connectivity index (χ1v) is 7.80. The van der Waals surface area contributed by atoms with E-state index in [4.69, 9.17) is 23.2 Å². The number of nitrogens with zero attached hydrogens (tertiary/aromatic N) is 2. The van der Waals surface area contributed by atoms with E-state index in [1.165, 1.54) is 18.5 Å². The molecule has 0 fully saturated rings. The highest BCUT2D eigenvalue weighted by Crippen LogP contribution is 2.22. The van der Waals surface area contributed by atoms with Crippen molar-refractivity contribution in [3.05, 3.63) is 82.1 Å². The fourth-order valence-corrected chi connectivity index (χ4v) is 2.49. The van der Waals surface area contributed by atoms with Gasteiger partial charge < -0.3 is 9.88 Å². The highest BCUT2D eigenvalue weighted by Gasteiger charge is 2.09. The molecule has 7 heteroatoms. The lowest BCUT2D eigenvalue weighted by molar-refractivity contribution is 0.0951. The first-order valence-electron chi connectivity index (χ1n) is 7.04. The van der Waals surface area contributed by atoms with Gasteiger partial charge in [0.05, 0.1) is 22.1 Å². The monoisotopic (exact) mass is 363 g/mol. The summed E-state index contributed by atoms with van der Waals surface area (Å²) in [7, 11) is 0. The molecule has 0 aliphatic rings. The summed E-state index contributed by atoms with van der Waals surface area (Å²) in [6.45, 7) is 0.195. The second-order valence-corrected chi connectivity index (χ2v) is 5.88. The average molecular weight is 364 g/mol. The molecule has 3 rings (SSSR count). The van der Waals surface area contributed by atoms with Gasteiger partial charge >= 0.3 is 0 Å². The van der Waals surface area contributed by atoms with Gasteiger partial charge in [0.2, 0.25) is 0 Å². The van der Waals surface area contributed by atoms with Crippen LogP contribution in [0.1, 0.15) is 15.9 Å². The van der Waals surface area contributed by atoms with Gasteiger partial charge in [-0.15, -0.1) is 0 Å². The largest absolute Gasteiger partial charge is 0.348 e. The third-order valence-corrected chi connectivity index (χ3v) is 4.17. The molecule has 0 unspecified atom stereocenters. The Morgan fingerprint density at radius 3 is 2.67 bits per heavy atom. The summed E-state index contributed by atoms with van der Waals surface area (Å²) < 4.78 is 15.7. The van der Waals surface area contributed by atoms with Crippen molar-refractivity contribution < 1.29 is 9.18 Å². The molecule has 0 spiro atoms. The number of aromatic nitrogens is 2. The number of nitrogens with one attached hydrogen (secondary N) is 1. The van der Waals surface area contributed by atoms with E-state index < -0.39 is 5.82 Å². The quantitative estimate of drug-likeness (QED) is 0.753. The molecule has 2 aromatic carbocycles. The van der Waals surface area contributed by atoms with Crippen molar-refractivity contribution in [1.29, 1.82) is 0 Å². The van der Waals surface area contributed by atoms with Gasteiger partial charge in [0, 0.05) is 24.5 Å². The maximum Gasteiger partial charge on any atom is 0.251 e. The lowest BCUT2D eigenvalue weighted by Crippen LogP contribution is -2.22. The van der Waals surface area contributed by atoms with Crippen molar-refractivity contribution in [3.8, 4) is 5.69 Å². The fourth-order valence-electron chi connectivity index (χ4n) is 2.19. The van der Waals surface area contributed by atoms with Crippen LogP contribution >= 0.6 is 23.2 Å². The molecule has 0 bridgehead atoms. The predicted molar refractivity (Wildman–Crippen MR) is 91.2 cm³/mol. The lowest BCUT2D eigenvalue weighted by atomic mass is 10.1. The smallest absolute Gasteiger partial charge is 0.251 e. The normalized spacial score (nSPS) is 10.6. The SMILES string of the molecule is O=C(NCc1ccc(-n2ccnc2)c(F)c1)c1ccc(Cl)c(Cl)c1. The second-order valence-electron chi connectivity index (χ2n) is 5.07. The van der Waals surface area contributed by atoms with Gasteiger partial charge in [-0.05, 0) is 35.9 Å². The molecular formula is C17H12Cl2FN3O. The number of benzene rings is 2. The Hall–Kier alpha value is -2.37. The van der Waals surface area contributed by atoms with Crippen LogP contribution in [0.3, 0.4) is 0 Å². The molecule has 122 valence electrons. The summed E-state index contributed by atoms with van der Waals surface area (Å²) in [6.07, 6.45) is 4.75. The first-order chi connectivity index (χ1) is 11.5. The Kier molecular flexibility index (Phi) is 4.83. The molecule has 4 nitrogen and oxygen atoms in total. The van der Waals surface area contributed by atoms with Gasteiger partial charge in [0.15, 0.2) is 0 Å². The Labute approximate surface area is 147 Å². The number of rotatable bonds is 4. The molecule has 0 atom stereocenters. The fraction of sp³-hybridized carbons (Fsp3) is 0.0588. The van der Waals surface area contributed by atoms with Crippen molar-refractivity contribution in [2.24, 2.45) is 0 Å². The standard InChI is InChI=1S/C17H12Cl2FN3O/c18-13-3-2-12(8-14(13)19)17(24)22-9-11-1-4-16(15(20)7-11)23-6-5-21-10-23/h1-8,10H,9H2,(H,22,24). The molecule has 24 heavy (non-hydrogen) atoms. The summed E-state index contributed by atoms with van der Waals surface area (Å²) in [5.41, 5.74) is 1.43. The summed E-state index contributed by atoms with van der Waals surface area (Å²) in [5.74, 6) is -0.707. The molecule has 1 N–H and O–H groups in total. The average Bonchev–Trinajstić information content (AvgIpc) is 3.09. The highest BCUT2D eigenvalue weighted by molar-refractivity contribution is 6.42. The van der Waals surface area contributed by atoms with E-state index in [1.54, 1.807) is 41.2 Å². The first kappa shape index (κ1) is 16.5. The minimum absolute atomic E-state index is 0.195. The van der Waals surface area contributed by atoms with Crippen LogP contribution in [0, 0.1) is 5.82 Å². The topological polar surface area (TPSA) is 46.9 Å². The number of halogens is 3. The zero-order valence-electron chi connectivity index (χ0n) is 12.3. The number of amides is 1. The minimum atomic E-state index is -0.394. The second kappa shape index (κ2) is 7.03. The van der Waals surface area contributed by atoms with Gasteiger partial charge in [0.25, 0.3) is 5.91 Å². The Bertz CT molecular complexity index is 882. The number of hydrogen-bond donors (Lipinski definition) is 1. The number of imidazole rings is 1.